The van der Waals surface area contributed by atoms with Gasteiger partial charge in [0.05, 0.1) is 13.2 Å². The molecule has 5 heteroatoms. The zero-order chi connectivity index (χ0) is 15.6. The van der Waals surface area contributed by atoms with Gasteiger partial charge in [-0.3, -0.25) is 4.79 Å². The molecule has 1 aromatic carbocycles. The minimum Gasteiger partial charge on any atom is -0.496 e. The van der Waals surface area contributed by atoms with Gasteiger partial charge in [0.15, 0.2) is 0 Å². The van der Waals surface area contributed by atoms with Crippen LogP contribution in [0.5, 0.6) is 5.75 Å². The van der Waals surface area contributed by atoms with Crippen LogP contribution in [0.25, 0.3) is 0 Å². The quantitative estimate of drug-likeness (QED) is 0.765. The molecule has 1 saturated carbocycles. The van der Waals surface area contributed by atoms with Crippen LogP contribution >= 0.6 is 0 Å². The zero-order valence-electron chi connectivity index (χ0n) is 13.0. The number of amides is 1. The molecule has 1 aliphatic heterocycles. The molecule has 5 nitrogen and oxygen atoms in total. The fourth-order valence-electron chi connectivity index (χ4n) is 3.57. The van der Waals surface area contributed by atoms with Crippen LogP contribution in [0.2, 0.25) is 0 Å². The van der Waals surface area contributed by atoms with E-state index >= 15 is 0 Å². The lowest BCUT2D eigenvalue weighted by Crippen LogP contribution is -2.35. The minimum absolute atomic E-state index is 0.0795. The average molecular weight is 304 g/mol. The number of rotatable bonds is 5. The molecule has 1 heterocycles. The molecule has 120 valence electrons. The predicted octanol–water partition coefficient (Wildman–Crippen LogP) is 1.23. The Morgan fingerprint density at radius 2 is 2.18 bits per heavy atom. The van der Waals surface area contributed by atoms with Crippen molar-refractivity contribution in [2.45, 2.75) is 25.4 Å². The number of aliphatic hydroxyl groups excluding tert-OH is 1. The Hall–Kier alpha value is -1.59. The molecular weight excluding hydrogens is 280 g/mol. The Morgan fingerprint density at radius 3 is 2.91 bits per heavy atom. The van der Waals surface area contributed by atoms with Crippen molar-refractivity contribution in [3.63, 3.8) is 0 Å². The molecular formula is C17H24N2O3. The van der Waals surface area contributed by atoms with Gasteiger partial charge >= 0.3 is 0 Å². The van der Waals surface area contributed by atoms with Gasteiger partial charge in [-0.05, 0) is 43.8 Å². The summed E-state index contributed by atoms with van der Waals surface area (Å²) >= 11 is 0. The summed E-state index contributed by atoms with van der Waals surface area (Å²) in [7, 11) is 1.58. The van der Waals surface area contributed by atoms with Gasteiger partial charge in [0, 0.05) is 18.0 Å². The van der Waals surface area contributed by atoms with Crippen LogP contribution in [0, 0.1) is 11.3 Å². The third-order valence-electron chi connectivity index (χ3n) is 5.07. The SMILES string of the molecule is COc1ccccc1C(O)CNC(=O)C1CC12CCNCC2. The monoisotopic (exact) mass is 304 g/mol. The van der Waals surface area contributed by atoms with Gasteiger partial charge in [-0.2, -0.15) is 0 Å². The van der Waals surface area contributed by atoms with Gasteiger partial charge in [0.2, 0.25) is 5.91 Å². The minimum atomic E-state index is -0.747. The number of carbonyl (C=O) groups excluding carboxylic acids is 1. The van der Waals surface area contributed by atoms with Crippen molar-refractivity contribution < 1.29 is 14.6 Å². The molecule has 2 unspecified atom stereocenters. The molecule has 2 aliphatic rings. The van der Waals surface area contributed by atoms with Gasteiger partial charge in [-0.25, -0.2) is 0 Å². The first kappa shape index (κ1) is 15.3. The summed E-state index contributed by atoms with van der Waals surface area (Å²) in [6.45, 7) is 2.24. The largest absolute Gasteiger partial charge is 0.496 e. The van der Waals surface area contributed by atoms with E-state index in [1.54, 1.807) is 7.11 Å². The Bertz CT molecular complexity index is 540. The summed E-state index contributed by atoms with van der Waals surface area (Å²) < 4.78 is 5.24. The first-order chi connectivity index (χ1) is 10.7. The Balaban J connectivity index is 1.53. The van der Waals surface area contributed by atoms with E-state index in [-0.39, 0.29) is 23.8 Å². The summed E-state index contributed by atoms with van der Waals surface area (Å²) in [6, 6.07) is 7.35. The number of benzene rings is 1. The molecule has 2 atom stereocenters. The summed E-state index contributed by atoms with van der Waals surface area (Å²) in [4.78, 5) is 12.3. The van der Waals surface area contributed by atoms with Crippen molar-refractivity contribution in [2.24, 2.45) is 11.3 Å². The van der Waals surface area contributed by atoms with E-state index in [1.165, 1.54) is 0 Å². The highest BCUT2D eigenvalue weighted by Crippen LogP contribution is 2.58. The number of ether oxygens (including phenoxy) is 1. The summed E-state index contributed by atoms with van der Waals surface area (Å²) in [5.41, 5.74) is 0.933. The summed E-state index contributed by atoms with van der Waals surface area (Å²) in [6.07, 6.45) is 2.41. The second-order valence-electron chi connectivity index (χ2n) is 6.37. The van der Waals surface area contributed by atoms with Crippen LogP contribution < -0.4 is 15.4 Å². The number of carbonyl (C=O) groups is 1. The molecule has 1 spiro atoms. The summed E-state index contributed by atoms with van der Waals surface area (Å²) in [5.74, 6) is 0.848. The second kappa shape index (κ2) is 6.26. The molecule has 3 N–H and O–H groups in total. The lowest BCUT2D eigenvalue weighted by Gasteiger charge is -2.23. The highest BCUT2D eigenvalue weighted by molar-refractivity contribution is 5.82. The van der Waals surface area contributed by atoms with Crippen molar-refractivity contribution in [3.05, 3.63) is 29.8 Å². The fraction of sp³-hybridized carbons (Fsp3) is 0.588. The highest BCUT2D eigenvalue weighted by atomic mass is 16.5. The van der Waals surface area contributed by atoms with Crippen molar-refractivity contribution >= 4 is 5.91 Å². The molecule has 22 heavy (non-hydrogen) atoms. The van der Waals surface area contributed by atoms with E-state index in [2.05, 4.69) is 10.6 Å². The standard InChI is InChI=1S/C17H24N2O3/c1-22-15-5-3-2-4-12(15)14(20)11-19-16(21)13-10-17(13)6-8-18-9-7-17/h2-5,13-14,18,20H,6-11H2,1H3,(H,19,21). The van der Waals surface area contributed by atoms with Crippen LogP contribution in [0.3, 0.4) is 0 Å². The van der Waals surface area contributed by atoms with E-state index in [4.69, 9.17) is 4.74 Å². The van der Waals surface area contributed by atoms with Crippen molar-refractivity contribution in [3.8, 4) is 5.75 Å². The Labute approximate surface area is 131 Å². The molecule has 0 aromatic heterocycles. The van der Waals surface area contributed by atoms with E-state index in [0.29, 0.717) is 11.3 Å². The number of aliphatic hydroxyl groups is 1. The van der Waals surface area contributed by atoms with Crippen molar-refractivity contribution in [1.29, 1.82) is 0 Å². The van der Waals surface area contributed by atoms with Crippen LogP contribution in [-0.2, 0) is 4.79 Å². The smallest absolute Gasteiger partial charge is 0.223 e. The van der Waals surface area contributed by atoms with Gasteiger partial charge in [-0.1, -0.05) is 18.2 Å². The van der Waals surface area contributed by atoms with E-state index in [9.17, 15) is 9.90 Å². The first-order valence-corrected chi connectivity index (χ1v) is 7.96. The number of nitrogens with one attached hydrogen (secondary N) is 2. The summed E-state index contributed by atoms with van der Waals surface area (Å²) in [5, 5.41) is 16.5. The first-order valence-electron chi connectivity index (χ1n) is 7.96. The van der Waals surface area contributed by atoms with Crippen LogP contribution in [0.1, 0.15) is 30.9 Å². The Kier molecular flexibility index (Phi) is 4.36. The molecule has 3 rings (SSSR count). The predicted molar refractivity (Wildman–Crippen MR) is 83.6 cm³/mol. The maximum absolute atomic E-state index is 12.3. The van der Waals surface area contributed by atoms with Gasteiger partial charge in [0.25, 0.3) is 0 Å². The topological polar surface area (TPSA) is 70.6 Å². The van der Waals surface area contributed by atoms with E-state index in [0.717, 1.165) is 32.4 Å². The number of hydrogen-bond donors (Lipinski definition) is 3. The molecule has 2 fully saturated rings. The molecule has 1 saturated heterocycles. The zero-order valence-corrected chi connectivity index (χ0v) is 13.0. The maximum atomic E-state index is 12.3. The third kappa shape index (κ3) is 2.96. The van der Waals surface area contributed by atoms with Crippen molar-refractivity contribution in [1.82, 2.24) is 10.6 Å². The van der Waals surface area contributed by atoms with Gasteiger partial charge in [0.1, 0.15) is 5.75 Å². The average Bonchev–Trinajstić information content (AvgIpc) is 3.26. The van der Waals surface area contributed by atoms with E-state index in [1.807, 2.05) is 24.3 Å². The fourth-order valence-corrected chi connectivity index (χ4v) is 3.57. The molecule has 0 bridgehead atoms. The van der Waals surface area contributed by atoms with Crippen LogP contribution in [0.15, 0.2) is 24.3 Å². The lowest BCUT2D eigenvalue weighted by atomic mass is 9.92. The normalized spacial score (nSPS) is 23.8. The van der Waals surface area contributed by atoms with Crippen LogP contribution in [0.4, 0.5) is 0 Å². The molecule has 1 aliphatic carbocycles. The highest BCUT2D eigenvalue weighted by Gasteiger charge is 2.57. The molecule has 0 radical (unpaired) electrons. The third-order valence-corrected chi connectivity index (χ3v) is 5.07. The number of methoxy groups -OCH3 is 1. The number of para-hydroxylation sites is 1. The van der Waals surface area contributed by atoms with Crippen LogP contribution in [-0.4, -0.2) is 37.8 Å². The molecule has 1 amide bonds. The maximum Gasteiger partial charge on any atom is 0.223 e. The van der Waals surface area contributed by atoms with Gasteiger partial charge in [-0.15, -0.1) is 0 Å². The van der Waals surface area contributed by atoms with Gasteiger partial charge < -0.3 is 20.5 Å². The van der Waals surface area contributed by atoms with Crippen molar-refractivity contribution in [2.75, 3.05) is 26.7 Å². The lowest BCUT2D eigenvalue weighted by molar-refractivity contribution is -0.123. The second-order valence-corrected chi connectivity index (χ2v) is 6.37. The molecule has 1 aromatic rings. The Morgan fingerprint density at radius 1 is 1.45 bits per heavy atom. The number of piperidine rings is 1. The van der Waals surface area contributed by atoms with E-state index < -0.39 is 6.10 Å². The number of hydrogen-bond acceptors (Lipinski definition) is 4.